The van der Waals surface area contributed by atoms with E-state index in [9.17, 15) is 18.0 Å². The summed E-state index contributed by atoms with van der Waals surface area (Å²) in [5.74, 6) is -0.982. The Morgan fingerprint density at radius 2 is 1.30 bits per heavy atom. The molecule has 0 radical (unpaired) electrons. The van der Waals surface area contributed by atoms with Crippen LogP contribution in [0.4, 0.5) is 13.2 Å². The van der Waals surface area contributed by atoms with Gasteiger partial charge < -0.3 is 4.74 Å². The van der Waals surface area contributed by atoms with Gasteiger partial charge in [-0.1, -0.05) is 45.1 Å². The fourth-order valence-corrected chi connectivity index (χ4v) is 4.23. The number of hydrogen-bond acceptors (Lipinski definition) is 2. The molecule has 0 spiro atoms. The van der Waals surface area contributed by atoms with Gasteiger partial charge in [-0.2, -0.15) is 13.2 Å². The average Bonchev–Trinajstić information content (AvgIpc) is 2.54. The Hall–Kier alpha value is -1.00. The van der Waals surface area contributed by atoms with Crippen molar-refractivity contribution in [3.8, 4) is 0 Å². The Morgan fingerprint density at radius 3 is 1.65 bits per heavy atom. The predicted octanol–water partition coefficient (Wildman–Crippen LogP) is 5.57. The highest BCUT2D eigenvalue weighted by molar-refractivity contribution is 5.89. The van der Waals surface area contributed by atoms with E-state index in [4.69, 9.17) is 4.74 Å². The van der Waals surface area contributed by atoms with Crippen LogP contribution in [0.2, 0.25) is 0 Å². The highest BCUT2D eigenvalue weighted by Crippen LogP contribution is 2.45. The summed E-state index contributed by atoms with van der Waals surface area (Å²) in [6, 6.07) is 0. The fourth-order valence-electron chi connectivity index (χ4n) is 4.23. The van der Waals surface area contributed by atoms with E-state index in [0.717, 1.165) is 64.2 Å². The molecule has 0 bridgehead atoms. The van der Waals surface area contributed by atoms with E-state index >= 15 is 0 Å². The molecule has 0 aliphatic heterocycles. The standard InChI is InChI=1S/C18H27F3O2/c1-13(18(19,20)21)16(22)23-17(2,14-9-5-3-6-10-14)15-11-7-4-8-12-15/h14-15H,1,3-12H2,2H3. The van der Waals surface area contributed by atoms with Gasteiger partial charge in [-0.05, 0) is 44.4 Å². The highest BCUT2D eigenvalue weighted by Gasteiger charge is 2.47. The molecule has 2 aliphatic carbocycles. The van der Waals surface area contributed by atoms with Crippen molar-refractivity contribution < 1.29 is 22.7 Å². The number of alkyl halides is 3. The molecule has 0 N–H and O–H groups in total. The number of halogens is 3. The molecule has 0 aromatic rings. The first kappa shape index (κ1) is 18.3. The van der Waals surface area contributed by atoms with E-state index in [2.05, 4.69) is 6.58 Å². The number of ether oxygens (including phenoxy) is 1. The molecule has 0 amide bonds. The van der Waals surface area contributed by atoms with Crippen LogP contribution in [0.1, 0.15) is 71.1 Å². The molecule has 5 heteroatoms. The second kappa shape index (κ2) is 7.27. The normalized spacial score (nSPS) is 21.9. The van der Waals surface area contributed by atoms with Crippen molar-refractivity contribution in [3.63, 3.8) is 0 Å². The Bertz CT molecular complexity index is 412. The molecule has 2 fully saturated rings. The zero-order chi connectivity index (χ0) is 17.1. The van der Waals surface area contributed by atoms with Gasteiger partial charge in [0.25, 0.3) is 0 Å². The number of carbonyl (C=O) groups is 1. The molecule has 2 nitrogen and oxygen atoms in total. The molecular formula is C18H27F3O2. The monoisotopic (exact) mass is 332 g/mol. The van der Waals surface area contributed by atoms with Crippen molar-refractivity contribution in [1.82, 2.24) is 0 Å². The second-order valence-corrected chi connectivity index (χ2v) is 7.22. The third-order valence-electron chi connectivity index (χ3n) is 5.73. The van der Waals surface area contributed by atoms with Crippen molar-refractivity contribution >= 4 is 5.97 Å². The van der Waals surface area contributed by atoms with Gasteiger partial charge in [-0.25, -0.2) is 4.79 Å². The molecule has 2 saturated carbocycles. The van der Waals surface area contributed by atoms with Crippen LogP contribution < -0.4 is 0 Å². The molecule has 0 aromatic carbocycles. The lowest BCUT2D eigenvalue weighted by Gasteiger charge is -2.46. The van der Waals surface area contributed by atoms with Crippen molar-refractivity contribution in [1.29, 1.82) is 0 Å². The van der Waals surface area contributed by atoms with E-state index in [1.54, 1.807) is 0 Å². The van der Waals surface area contributed by atoms with Gasteiger partial charge in [0, 0.05) is 0 Å². The maximum atomic E-state index is 12.8. The molecule has 0 unspecified atom stereocenters. The van der Waals surface area contributed by atoms with Crippen molar-refractivity contribution in [2.45, 2.75) is 82.9 Å². The van der Waals surface area contributed by atoms with Gasteiger partial charge in [0.15, 0.2) is 0 Å². The van der Waals surface area contributed by atoms with E-state index in [1.807, 2.05) is 6.92 Å². The number of hydrogen-bond donors (Lipinski definition) is 0. The summed E-state index contributed by atoms with van der Waals surface area (Å²) in [6.07, 6.45) is 5.54. The van der Waals surface area contributed by atoms with E-state index in [0.29, 0.717) is 0 Å². The van der Waals surface area contributed by atoms with Gasteiger partial charge >= 0.3 is 12.1 Å². The first-order chi connectivity index (χ1) is 10.7. The molecule has 2 aliphatic rings. The molecule has 2 rings (SSSR count). The van der Waals surface area contributed by atoms with Crippen LogP contribution in [0.3, 0.4) is 0 Å². The van der Waals surface area contributed by atoms with Crippen LogP contribution in [-0.2, 0) is 9.53 Å². The molecule has 132 valence electrons. The van der Waals surface area contributed by atoms with Crippen molar-refractivity contribution in [2.75, 3.05) is 0 Å². The van der Waals surface area contributed by atoms with Gasteiger partial charge in [-0.15, -0.1) is 0 Å². The third kappa shape index (κ3) is 4.30. The Morgan fingerprint density at radius 1 is 0.913 bits per heavy atom. The largest absolute Gasteiger partial charge is 0.455 e. The maximum Gasteiger partial charge on any atom is 0.422 e. The summed E-state index contributed by atoms with van der Waals surface area (Å²) in [7, 11) is 0. The van der Waals surface area contributed by atoms with E-state index in [1.165, 1.54) is 0 Å². The van der Waals surface area contributed by atoms with Crippen molar-refractivity contribution in [2.24, 2.45) is 11.8 Å². The zero-order valence-corrected chi connectivity index (χ0v) is 13.9. The Balaban J connectivity index is 2.18. The van der Waals surface area contributed by atoms with Gasteiger partial charge in [0.1, 0.15) is 11.2 Å². The quantitative estimate of drug-likeness (QED) is 0.497. The highest BCUT2D eigenvalue weighted by atomic mass is 19.4. The molecule has 0 saturated heterocycles. The first-order valence-electron chi connectivity index (χ1n) is 8.74. The predicted molar refractivity (Wildman–Crippen MR) is 82.8 cm³/mol. The minimum atomic E-state index is -4.73. The summed E-state index contributed by atoms with van der Waals surface area (Å²) >= 11 is 0. The topological polar surface area (TPSA) is 26.3 Å². The van der Waals surface area contributed by atoms with Crippen LogP contribution in [0.5, 0.6) is 0 Å². The SMILES string of the molecule is C=C(C(=O)OC(C)(C1CCCCC1)C1CCCCC1)C(F)(F)F. The molecule has 0 heterocycles. The lowest BCUT2D eigenvalue weighted by atomic mass is 9.67. The molecular weight excluding hydrogens is 305 g/mol. The molecule has 0 aromatic heterocycles. The summed E-state index contributed by atoms with van der Waals surface area (Å²) in [5, 5.41) is 0. The number of rotatable bonds is 4. The van der Waals surface area contributed by atoms with Gasteiger partial charge in [0.2, 0.25) is 0 Å². The molecule has 0 atom stereocenters. The van der Waals surface area contributed by atoms with Crippen LogP contribution in [0.15, 0.2) is 12.2 Å². The zero-order valence-electron chi connectivity index (χ0n) is 13.9. The number of esters is 1. The second-order valence-electron chi connectivity index (χ2n) is 7.22. The smallest absolute Gasteiger partial charge is 0.422 e. The third-order valence-corrected chi connectivity index (χ3v) is 5.73. The lowest BCUT2D eigenvalue weighted by Crippen LogP contribution is -2.48. The van der Waals surface area contributed by atoms with Gasteiger partial charge in [0.05, 0.1) is 0 Å². The van der Waals surface area contributed by atoms with Crippen LogP contribution in [0, 0.1) is 11.8 Å². The first-order valence-corrected chi connectivity index (χ1v) is 8.74. The average molecular weight is 332 g/mol. The van der Waals surface area contributed by atoms with Crippen LogP contribution >= 0.6 is 0 Å². The summed E-state index contributed by atoms with van der Waals surface area (Å²) < 4.78 is 43.8. The van der Waals surface area contributed by atoms with Crippen LogP contribution in [-0.4, -0.2) is 17.7 Å². The summed E-state index contributed by atoms with van der Waals surface area (Å²) in [5.41, 5.74) is -2.19. The fraction of sp³-hybridized carbons (Fsp3) is 0.833. The number of carbonyl (C=O) groups excluding carboxylic acids is 1. The minimum Gasteiger partial charge on any atom is -0.455 e. The van der Waals surface area contributed by atoms with Gasteiger partial charge in [-0.3, -0.25) is 0 Å². The summed E-state index contributed by atoms with van der Waals surface area (Å²) in [4.78, 5) is 12.0. The van der Waals surface area contributed by atoms with Crippen molar-refractivity contribution in [3.05, 3.63) is 12.2 Å². The van der Waals surface area contributed by atoms with E-state index < -0.39 is 23.3 Å². The van der Waals surface area contributed by atoms with Crippen LogP contribution in [0.25, 0.3) is 0 Å². The maximum absolute atomic E-state index is 12.8. The summed E-state index contributed by atoms with van der Waals surface area (Å²) in [6.45, 7) is 4.76. The minimum absolute atomic E-state index is 0.157. The van der Waals surface area contributed by atoms with E-state index in [-0.39, 0.29) is 11.8 Å². The lowest BCUT2D eigenvalue weighted by molar-refractivity contribution is -0.180. The Labute approximate surface area is 136 Å². The Kier molecular flexibility index (Phi) is 5.79. The molecule has 23 heavy (non-hydrogen) atoms.